The molecule has 0 aliphatic carbocycles. The number of dihydropyridines is 1. The van der Waals surface area contributed by atoms with E-state index in [1.165, 1.54) is 37.2 Å². The normalized spacial score (nSPS) is 36.2. The number of nitrogens with zero attached hydrogens (tertiary/aromatic N) is 2. The molecule has 3 rings (SSSR count). The van der Waals surface area contributed by atoms with Crippen molar-refractivity contribution in [3.63, 3.8) is 0 Å². The lowest BCUT2D eigenvalue weighted by molar-refractivity contribution is 0.223. The van der Waals surface area contributed by atoms with Gasteiger partial charge in [-0.2, -0.15) is 0 Å². The lowest BCUT2D eigenvalue weighted by Crippen LogP contribution is -2.45. The van der Waals surface area contributed by atoms with Gasteiger partial charge in [0.15, 0.2) is 0 Å². The smallest absolute Gasteiger partial charge is 0.106 e. The van der Waals surface area contributed by atoms with Gasteiger partial charge in [0.05, 0.1) is 0 Å². The predicted octanol–water partition coefficient (Wildman–Crippen LogP) is 3.62. The fourth-order valence-corrected chi connectivity index (χ4v) is 4.89. The molecule has 0 radical (unpaired) electrons. The Hall–Kier alpha value is -0.970. The monoisotopic (exact) mass is 372 g/mol. The summed E-state index contributed by atoms with van der Waals surface area (Å²) >= 11 is 0. The second kappa shape index (κ2) is 8.59. The minimum absolute atomic E-state index is 0.229. The molecule has 0 saturated carbocycles. The zero-order chi connectivity index (χ0) is 19.6. The molecule has 0 spiro atoms. The van der Waals surface area contributed by atoms with Crippen LogP contribution in [0.5, 0.6) is 0 Å². The number of hydrogen-bond donors (Lipinski definition) is 2. The van der Waals surface area contributed by atoms with Crippen molar-refractivity contribution in [1.29, 1.82) is 0 Å². The molecule has 152 valence electrons. The average Bonchev–Trinajstić information content (AvgIpc) is 2.65. The van der Waals surface area contributed by atoms with Crippen LogP contribution in [0.25, 0.3) is 0 Å². The third-order valence-corrected chi connectivity index (χ3v) is 7.16. The summed E-state index contributed by atoms with van der Waals surface area (Å²) in [6.45, 7) is 12.8. The van der Waals surface area contributed by atoms with Crippen LogP contribution >= 0.6 is 0 Å². The van der Waals surface area contributed by atoms with Gasteiger partial charge in [-0.05, 0) is 84.1 Å². The molecule has 1 unspecified atom stereocenters. The first kappa shape index (κ1) is 20.8. The Kier molecular flexibility index (Phi) is 6.60. The van der Waals surface area contributed by atoms with Gasteiger partial charge < -0.3 is 10.2 Å². The van der Waals surface area contributed by atoms with Crippen LogP contribution < -0.4 is 10.6 Å². The summed E-state index contributed by atoms with van der Waals surface area (Å²) in [5.41, 5.74) is 4.60. The number of allylic oxidation sites excluding steroid dienone is 1. The quantitative estimate of drug-likeness (QED) is 0.724. The molecule has 1 saturated heterocycles. The summed E-state index contributed by atoms with van der Waals surface area (Å²) in [4.78, 5) is 7.43. The molecule has 0 aromatic heterocycles. The second-order valence-electron chi connectivity index (χ2n) is 9.51. The van der Waals surface area contributed by atoms with E-state index in [2.05, 4.69) is 62.4 Å². The Balaban J connectivity index is 1.68. The van der Waals surface area contributed by atoms with Crippen molar-refractivity contribution in [2.45, 2.75) is 65.6 Å². The summed E-state index contributed by atoms with van der Waals surface area (Å²) in [6, 6.07) is 0.523. The van der Waals surface area contributed by atoms with Crippen LogP contribution in [0.1, 0.15) is 53.4 Å². The number of likely N-dealkylation sites (tertiary alicyclic amines) is 1. The van der Waals surface area contributed by atoms with Crippen molar-refractivity contribution in [1.82, 2.24) is 15.5 Å². The van der Waals surface area contributed by atoms with Crippen molar-refractivity contribution in [2.75, 3.05) is 33.7 Å². The maximum atomic E-state index is 4.96. The molecule has 1 fully saturated rings. The largest absolute Gasteiger partial charge is 0.310 e. The SMILES string of the molecule is CNC1N=C(CC[C@@]2(C)C=C(C3CCN(C)CC3)[C@H](C)NC2)C=C(C)[C@@H]1C. The highest BCUT2D eigenvalue weighted by molar-refractivity contribution is 5.96. The zero-order valence-electron chi connectivity index (χ0n) is 18.3. The summed E-state index contributed by atoms with van der Waals surface area (Å²) in [7, 11) is 4.27. The molecule has 0 bridgehead atoms. The Bertz CT molecular complexity index is 612. The number of piperidine rings is 1. The van der Waals surface area contributed by atoms with Gasteiger partial charge in [0.2, 0.25) is 0 Å². The minimum atomic E-state index is 0.229. The first-order chi connectivity index (χ1) is 12.8. The average molecular weight is 373 g/mol. The topological polar surface area (TPSA) is 39.7 Å². The van der Waals surface area contributed by atoms with Crippen molar-refractivity contribution < 1.29 is 0 Å². The fourth-order valence-electron chi connectivity index (χ4n) is 4.89. The van der Waals surface area contributed by atoms with Crippen LogP contribution in [0, 0.1) is 17.3 Å². The lowest BCUT2D eigenvalue weighted by Gasteiger charge is -2.41. The van der Waals surface area contributed by atoms with Crippen LogP contribution in [-0.2, 0) is 0 Å². The molecular formula is C23H40N4. The third-order valence-electron chi connectivity index (χ3n) is 7.16. The van der Waals surface area contributed by atoms with Crippen molar-refractivity contribution in [2.24, 2.45) is 22.2 Å². The van der Waals surface area contributed by atoms with Gasteiger partial charge in [0, 0.05) is 24.2 Å². The number of hydrogen-bond acceptors (Lipinski definition) is 4. The Morgan fingerprint density at radius 3 is 2.67 bits per heavy atom. The van der Waals surface area contributed by atoms with Crippen molar-refractivity contribution in [3.05, 3.63) is 23.3 Å². The minimum Gasteiger partial charge on any atom is -0.310 e. The maximum Gasteiger partial charge on any atom is 0.106 e. The number of aliphatic imine (C=N–C) groups is 1. The van der Waals surface area contributed by atoms with E-state index in [0.717, 1.165) is 25.3 Å². The van der Waals surface area contributed by atoms with Gasteiger partial charge in [-0.3, -0.25) is 10.3 Å². The van der Waals surface area contributed by atoms with Gasteiger partial charge in [-0.1, -0.05) is 31.1 Å². The second-order valence-corrected chi connectivity index (χ2v) is 9.51. The van der Waals surface area contributed by atoms with E-state index in [4.69, 9.17) is 4.99 Å². The molecule has 2 N–H and O–H groups in total. The van der Waals surface area contributed by atoms with Crippen molar-refractivity contribution in [3.8, 4) is 0 Å². The summed E-state index contributed by atoms with van der Waals surface area (Å²) < 4.78 is 0. The molecular weight excluding hydrogens is 332 g/mol. The van der Waals surface area contributed by atoms with Crippen LogP contribution in [-0.4, -0.2) is 56.5 Å². The van der Waals surface area contributed by atoms with E-state index < -0.39 is 0 Å². The molecule has 3 heterocycles. The van der Waals surface area contributed by atoms with Crippen LogP contribution in [0.2, 0.25) is 0 Å². The molecule has 0 aromatic carbocycles. The molecule has 4 heteroatoms. The molecule has 3 aliphatic heterocycles. The number of nitrogens with one attached hydrogen (secondary N) is 2. The first-order valence-electron chi connectivity index (χ1n) is 10.9. The summed E-state index contributed by atoms with van der Waals surface area (Å²) in [6.07, 6.45) is 10.0. The third kappa shape index (κ3) is 4.90. The van der Waals surface area contributed by atoms with Gasteiger partial charge in [-0.25, -0.2) is 0 Å². The van der Waals surface area contributed by atoms with Crippen LogP contribution in [0.3, 0.4) is 0 Å². The van der Waals surface area contributed by atoms with E-state index in [9.17, 15) is 0 Å². The molecule has 4 nitrogen and oxygen atoms in total. The number of rotatable bonds is 5. The highest BCUT2D eigenvalue weighted by Crippen LogP contribution is 2.36. The fraction of sp³-hybridized carbons (Fsp3) is 0.783. The zero-order valence-corrected chi connectivity index (χ0v) is 18.3. The predicted molar refractivity (Wildman–Crippen MR) is 116 cm³/mol. The Morgan fingerprint density at radius 1 is 1.30 bits per heavy atom. The highest BCUT2D eigenvalue weighted by Gasteiger charge is 2.33. The Labute approximate surface area is 166 Å². The van der Waals surface area contributed by atoms with E-state index >= 15 is 0 Å². The van der Waals surface area contributed by atoms with Gasteiger partial charge in [-0.15, -0.1) is 0 Å². The van der Waals surface area contributed by atoms with Crippen LogP contribution in [0.15, 0.2) is 28.3 Å². The molecule has 0 aromatic rings. The van der Waals surface area contributed by atoms with E-state index in [1.807, 2.05) is 7.05 Å². The molecule has 0 amide bonds. The molecule has 4 atom stereocenters. The lowest BCUT2D eigenvalue weighted by atomic mass is 9.74. The first-order valence-corrected chi connectivity index (χ1v) is 10.9. The maximum absolute atomic E-state index is 4.96. The van der Waals surface area contributed by atoms with Gasteiger partial charge >= 0.3 is 0 Å². The molecule has 3 aliphatic rings. The van der Waals surface area contributed by atoms with Crippen molar-refractivity contribution >= 4 is 5.71 Å². The van der Waals surface area contributed by atoms with E-state index in [0.29, 0.717) is 12.0 Å². The van der Waals surface area contributed by atoms with Gasteiger partial charge in [0.25, 0.3) is 0 Å². The molecule has 27 heavy (non-hydrogen) atoms. The highest BCUT2D eigenvalue weighted by atomic mass is 15.1. The standard InChI is InChI=1S/C23H40N4/c1-16-13-20(26-22(24-5)17(16)2)7-10-23(4)14-21(18(3)25-15-23)19-8-11-27(6)12-9-19/h13-14,17-19,22,24-25H,7-12,15H2,1-6H3/t17-,18-,22?,23-/m0/s1. The summed E-state index contributed by atoms with van der Waals surface area (Å²) in [5.74, 6) is 1.24. The van der Waals surface area contributed by atoms with Gasteiger partial charge in [0.1, 0.15) is 6.17 Å². The van der Waals surface area contributed by atoms with E-state index in [1.54, 1.807) is 5.57 Å². The summed E-state index contributed by atoms with van der Waals surface area (Å²) in [5, 5.41) is 7.17. The Morgan fingerprint density at radius 2 is 2.00 bits per heavy atom. The van der Waals surface area contributed by atoms with E-state index in [-0.39, 0.29) is 11.6 Å². The van der Waals surface area contributed by atoms with Crippen LogP contribution in [0.4, 0.5) is 0 Å².